The van der Waals surface area contributed by atoms with E-state index in [-0.39, 0.29) is 24.8 Å². The van der Waals surface area contributed by atoms with Gasteiger partial charge in [-0.05, 0) is 66.2 Å². The second kappa shape index (κ2) is 12.7. The molecule has 0 radical (unpaired) electrons. The van der Waals surface area contributed by atoms with E-state index < -0.39 is 11.2 Å². The van der Waals surface area contributed by atoms with Crippen LogP contribution >= 0.6 is 23.4 Å². The molecule has 0 aliphatic carbocycles. The number of rotatable bonds is 8. The normalized spacial score (nSPS) is 16.1. The Morgan fingerprint density at radius 2 is 1.69 bits per heavy atom. The number of benzene rings is 3. The van der Waals surface area contributed by atoms with Gasteiger partial charge in [-0.25, -0.2) is 9.79 Å². The Bertz CT molecular complexity index is 1400. The summed E-state index contributed by atoms with van der Waals surface area (Å²) in [4.78, 5) is 44.4. The zero-order valence-corrected chi connectivity index (χ0v) is 23.0. The highest BCUT2D eigenvalue weighted by atomic mass is 35.5. The average molecular weight is 568 g/mol. The van der Waals surface area contributed by atoms with Crippen molar-refractivity contribution < 1.29 is 28.6 Å². The molecule has 0 aromatic heterocycles. The standard InChI is InChI=1S/C28H26ClN3O6S/c1-36-22-13-4-17(14-23(22)37-2)16-32-25(33)15-24(39-28(32)31-21-11-7-19(29)8-12-21)26(34)30-20-9-5-18(6-10-20)27(35)38-3/h4-14,24H,15-16H2,1-3H3,(H,30,34). The summed E-state index contributed by atoms with van der Waals surface area (Å²) in [5.41, 5.74) is 2.25. The number of amidine groups is 1. The third kappa shape index (κ3) is 6.90. The molecule has 3 aromatic carbocycles. The molecule has 1 N–H and O–H groups in total. The zero-order valence-electron chi connectivity index (χ0n) is 21.5. The molecule has 11 heteroatoms. The van der Waals surface area contributed by atoms with Crippen molar-refractivity contribution in [2.24, 2.45) is 4.99 Å². The monoisotopic (exact) mass is 567 g/mol. The smallest absolute Gasteiger partial charge is 0.337 e. The maximum atomic E-state index is 13.4. The van der Waals surface area contributed by atoms with E-state index in [1.807, 2.05) is 6.07 Å². The molecule has 1 aliphatic heterocycles. The van der Waals surface area contributed by atoms with Gasteiger partial charge in [0.1, 0.15) is 5.25 Å². The maximum absolute atomic E-state index is 13.4. The number of carbonyl (C=O) groups is 3. The fraction of sp³-hybridized carbons (Fsp3) is 0.214. The lowest BCUT2D eigenvalue weighted by Crippen LogP contribution is -2.44. The molecule has 0 spiro atoms. The second-order valence-corrected chi connectivity index (χ2v) is 10.0. The molecular formula is C28H26ClN3O6S. The lowest BCUT2D eigenvalue weighted by molar-refractivity contribution is -0.129. The molecule has 4 rings (SSSR count). The van der Waals surface area contributed by atoms with Gasteiger partial charge in [0.05, 0.1) is 39.1 Å². The van der Waals surface area contributed by atoms with Crippen molar-refractivity contribution in [3.8, 4) is 11.5 Å². The van der Waals surface area contributed by atoms with Gasteiger partial charge >= 0.3 is 5.97 Å². The Kier molecular flexibility index (Phi) is 9.11. The number of hydrogen-bond acceptors (Lipinski definition) is 8. The van der Waals surface area contributed by atoms with Crippen LogP contribution in [-0.2, 0) is 20.9 Å². The van der Waals surface area contributed by atoms with E-state index in [0.29, 0.717) is 38.6 Å². The summed E-state index contributed by atoms with van der Waals surface area (Å²) in [5.74, 6) is 0.0379. The Balaban J connectivity index is 1.57. The summed E-state index contributed by atoms with van der Waals surface area (Å²) in [6.07, 6.45) is -0.0241. The predicted molar refractivity (Wildman–Crippen MR) is 151 cm³/mol. The quantitative estimate of drug-likeness (QED) is 0.368. The number of esters is 1. The Hall–Kier alpha value is -4.02. The van der Waals surface area contributed by atoms with E-state index >= 15 is 0 Å². The molecule has 0 bridgehead atoms. The molecule has 9 nitrogen and oxygen atoms in total. The van der Waals surface area contributed by atoms with Crippen LogP contribution in [-0.4, -0.2) is 54.4 Å². The first-order chi connectivity index (χ1) is 18.8. The Morgan fingerprint density at radius 1 is 1.00 bits per heavy atom. The minimum atomic E-state index is -0.717. The number of ether oxygens (including phenoxy) is 3. The van der Waals surface area contributed by atoms with E-state index in [1.54, 1.807) is 79.8 Å². The van der Waals surface area contributed by atoms with Crippen LogP contribution in [0, 0.1) is 0 Å². The van der Waals surface area contributed by atoms with Gasteiger partial charge in [0, 0.05) is 17.1 Å². The first-order valence-corrected chi connectivity index (χ1v) is 13.1. The van der Waals surface area contributed by atoms with Gasteiger partial charge in [0.15, 0.2) is 16.7 Å². The highest BCUT2D eigenvalue weighted by Gasteiger charge is 2.36. The minimum Gasteiger partial charge on any atom is -0.493 e. The third-order valence-electron chi connectivity index (χ3n) is 5.85. The number of amides is 2. The van der Waals surface area contributed by atoms with Gasteiger partial charge in [0.2, 0.25) is 11.8 Å². The lowest BCUT2D eigenvalue weighted by atomic mass is 10.1. The van der Waals surface area contributed by atoms with Gasteiger partial charge in [-0.3, -0.25) is 14.5 Å². The zero-order chi connectivity index (χ0) is 27.9. The summed E-state index contributed by atoms with van der Waals surface area (Å²) in [5, 5.41) is 3.04. The summed E-state index contributed by atoms with van der Waals surface area (Å²) < 4.78 is 15.4. The number of aliphatic imine (C=N–C) groups is 1. The first-order valence-electron chi connectivity index (χ1n) is 11.8. The molecule has 0 saturated carbocycles. The molecule has 1 unspecified atom stereocenters. The van der Waals surface area contributed by atoms with Crippen molar-refractivity contribution in [3.05, 3.63) is 82.9 Å². The Labute approximate surface area is 235 Å². The van der Waals surface area contributed by atoms with E-state index in [0.717, 1.165) is 5.56 Å². The number of carbonyl (C=O) groups excluding carboxylic acids is 3. The minimum absolute atomic E-state index is 0.0241. The van der Waals surface area contributed by atoms with Crippen LogP contribution in [0.25, 0.3) is 0 Å². The topological polar surface area (TPSA) is 107 Å². The molecule has 1 aliphatic rings. The highest BCUT2D eigenvalue weighted by molar-refractivity contribution is 8.15. The van der Waals surface area contributed by atoms with Crippen molar-refractivity contribution >= 4 is 57.7 Å². The largest absolute Gasteiger partial charge is 0.493 e. The van der Waals surface area contributed by atoms with Gasteiger partial charge in [-0.1, -0.05) is 29.4 Å². The fourth-order valence-corrected chi connectivity index (χ4v) is 5.04. The van der Waals surface area contributed by atoms with Crippen molar-refractivity contribution in [1.82, 2.24) is 4.90 Å². The number of methoxy groups -OCH3 is 3. The fourth-order valence-electron chi connectivity index (χ4n) is 3.81. The number of nitrogens with one attached hydrogen (secondary N) is 1. The van der Waals surface area contributed by atoms with Crippen molar-refractivity contribution in [3.63, 3.8) is 0 Å². The van der Waals surface area contributed by atoms with Gasteiger partial charge < -0.3 is 19.5 Å². The molecule has 1 saturated heterocycles. The van der Waals surface area contributed by atoms with Crippen LogP contribution in [0.2, 0.25) is 5.02 Å². The molecule has 202 valence electrons. The SMILES string of the molecule is COC(=O)c1ccc(NC(=O)C2CC(=O)N(Cc3ccc(OC)c(OC)c3)C(=Nc3ccc(Cl)cc3)S2)cc1. The molecule has 2 amide bonds. The van der Waals surface area contributed by atoms with Gasteiger partial charge in [0.25, 0.3) is 0 Å². The number of thioether (sulfide) groups is 1. The van der Waals surface area contributed by atoms with Crippen LogP contribution < -0.4 is 14.8 Å². The Morgan fingerprint density at radius 3 is 2.33 bits per heavy atom. The first kappa shape index (κ1) is 28.0. The van der Waals surface area contributed by atoms with Gasteiger partial charge in [-0.2, -0.15) is 0 Å². The lowest BCUT2D eigenvalue weighted by Gasteiger charge is -2.32. The summed E-state index contributed by atoms with van der Waals surface area (Å²) in [6.45, 7) is 0.224. The van der Waals surface area contributed by atoms with Crippen molar-refractivity contribution in [2.45, 2.75) is 18.2 Å². The summed E-state index contributed by atoms with van der Waals surface area (Å²) >= 11 is 7.22. The van der Waals surface area contributed by atoms with Crippen LogP contribution in [0.15, 0.2) is 71.7 Å². The second-order valence-electron chi connectivity index (χ2n) is 8.41. The van der Waals surface area contributed by atoms with E-state index in [1.165, 1.54) is 18.9 Å². The molecule has 1 atom stereocenters. The molecule has 1 heterocycles. The van der Waals surface area contributed by atoms with Gasteiger partial charge in [-0.15, -0.1) is 0 Å². The molecule has 3 aromatic rings. The van der Waals surface area contributed by atoms with Crippen molar-refractivity contribution in [2.75, 3.05) is 26.6 Å². The van der Waals surface area contributed by atoms with Crippen LogP contribution in [0.4, 0.5) is 11.4 Å². The number of anilines is 1. The van der Waals surface area contributed by atoms with E-state index in [4.69, 9.17) is 25.8 Å². The van der Waals surface area contributed by atoms with Crippen molar-refractivity contribution in [1.29, 1.82) is 0 Å². The number of halogens is 1. The van der Waals surface area contributed by atoms with Crippen LogP contribution in [0.1, 0.15) is 22.3 Å². The predicted octanol–water partition coefficient (Wildman–Crippen LogP) is 5.30. The molecule has 1 fully saturated rings. The number of hydrogen-bond donors (Lipinski definition) is 1. The van der Waals surface area contributed by atoms with E-state index in [9.17, 15) is 14.4 Å². The highest BCUT2D eigenvalue weighted by Crippen LogP contribution is 2.33. The number of nitrogens with zero attached hydrogens (tertiary/aromatic N) is 2. The summed E-state index contributed by atoms with van der Waals surface area (Å²) in [7, 11) is 4.40. The van der Waals surface area contributed by atoms with Crippen LogP contribution in [0.3, 0.4) is 0 Å². The molecular weight excluding hydrogens is 542 g/mol. The summed E-state index contributed by atoms with van der Waals surface area (Å²) in [6, 6.07) is 18.6. The third-order valence-corrected chi connectivity index (χ3v) is 7.29. The van der Waals surface area contributed by atoms with Crippen LogP contribution in [0.5, 0.6) is 11.5 Å². The average Bonchev–Trinajstić information content (AvgIpc) is 2.95. The molecule has 39 heavy (non-hydrogen) atoms. The van der Waals surface area contributed by atoms with E-state index in [2.05, 4.69) is 10.3 Å². The maximum Gasteiger partial charge on any atom is 0.337 e.